The normalized spacial score (nSPS) is 13.4. The van der Waals surface area contributed by atoms with Crippen molar-refractivity contribution in [3.63, 3.8) is 0 Å². The summed E-state index contributed by atoms with van der Waals surface area (Å²) in [5.74, 6) is -0.258. The van der Waals surface area contributed by atoms with Gasteiger partial charge in [-0.05, 0) is 53.6 Å². The Morgan fingerprint density at radius 2 is 1.86 bits per heavy atom. The van der Waals surface area contributed by atoms with Gasteiger partial charge in [0.1, 0.15) is 5.60 Å². The van der Waals surface area contributed by atoms with Crippen molar-refractivity contribution >= 4 is 5.97 Å². The van der Waals surface area contributed by atoms with E-state index < -0.39 is 5.60 Å². The molecule has 22 heavy (non-hydrogen) atoms. The zero-order chi connectivity index (χ0) is 17.0. The zero-order valence-electron chi connectivity index (χ0n) is 14.7. The maximum absolute atomic E-state index is 11.7. The lowest BCUT2D eigenvalue weighted by molar-refractivity contribution is -0.154. The summed E-state index contributed by atoms with van der Waals surface area (Å²) in [6.07, 6.45) is 4.43. The fraction of sp³-hybridized carbons (Fsp3) is 0.938. The number of carbonyl (C=O) groups excluding carboxylic acids is 1. The van der Waals surface area contributed by atoms with Crippen LogP contribution in [-0.2, 0) is 9.53 Å². The van der Waals surface area contributed by atoms with Gasteiger partial charge >= 0.3 is 5.97 Å². The number of hydrogen-bond donors (Lipinski definition) is 3. The van der Waals surface area contributed by atoms with Crippen LogP contribution >= 0.6 is 0 Å². The third kappa shape index (κ3) is 11.9. The molecule has 0 aliphatic rings. The number of rotatable bonds is 12. The molecule has 0 spiro atoms. The second-order valence-corrected chi connectivity index (χ2v) is 6.61. The molecule has 0 aliphatic heterocycles. The first-order valence-electron chi connectivity index (χ1n) is 8.30. The first-order valence-corrected chi connectivity index (χ1v) is 8.30. The molecule has 1 unspecified atom stereocenters. The molecular weight excluding hydrogens is 282 g/mol. The summed E-state index contributed by atoms with van der Waals surface area (Å²) in [4.78, 5) is 13.9. The molecule has 0 rings (SSSR count). The maximum atomic E-state index is 11.7. The van der Waals surface area contributed by atoms with Crippen LogP contribution in [0.3, 0.4) is 0 Å². The van der Waals surface area contributed by atoms with Crippen molar-refractivity contribution in [1.29, 1.82) is 0 Å². The third-order valence-electron chi connectivity index (χ3n) is 3.30. The van der Waals surface area contributed by atoms with E-state index in [9.17, 15) is 9.90 Å². The summed E-state index contributed by atoms with van der Waals surface area (Å²) in [5, 5.41) is 12.3. The molecule has 0 aromatic carbocycles. The fourth-order valence-electron chi connectivity index (χ4n) is 2.18. The van der Waals surface area contributed by atoms with Gasteiger partial charge in [0.2, 0.25) is 0 Å². The number of nitrogens with zero attached hydrogens (tertiary/aromatic N) is 1. The molecule has 6 heteroatoms. The van der Waals surface area contributed by atoms with E-state index in [0.717, 1.165) is 38.8 Å². The van der Waals surface area contributed by atoms with E-state index in [1.54, 1.807) is 0 Å². The Bertz CT molecular complexity index is 293. The Kier molecular flexibility index (Phi) is 11.5. The number of aliphatic hydroxyl groups is 1. The SMILES string of the molecule is CC(NCC(=O)OC(C)(C)C)N(CCO)CCCCCCN. The molecular formula is C16H35N3O3. The minimum Gasteiger partial charge on any atom is -0.459 e. The summed E-state index contributed by atoms with van der Waals surface area (Å²) in [5.41, 5.74) is 5.02. The number of esters is 1. The van der Waals surface area contributed by atoms with Crippen molar-refractivity contribution in [2.24, 2.45) is 5.73 Å². The molecule has 0 aromatic heterocycles. The maximum Gasteiger partial charge on any atom is 0.320 e. The molecule has 6 nitrogen and oxygen atoms in total. The van der Waals surface area contributed by atoms with Crippen LogP contribution in [0.1, 0.15) is 53.4 Å². The lowest BCUT2D eigenvalue weighted by Crippen LogP contribution is -2.47. The molecule has 0 fully saturated rings. The summed E-state index contributed by atoms with van der Waals surface area (Å²) in [7, 11) is 0. The molecule has 0 saturated carbocycles. The van der Waals surface area contributed by atoms with E-state index in [1.807, 2.05) is 27.7 Å². The minimum atomic E-state index is -0.463. The first-order chi connectivity index (χ1) is 10.3. The van der Waals surface area contributed by atoms with Crippen molar-refractivity contribution in [2.75, 3.05) is 32.8 Å². The second kappa shape index (κ2) is 11.8. The zero-order valence-corrected chi connectivity index (χ0v) is 14.7. The molecule has 0 aliphatic carbocycles. The second-order valence-electron chi connectivity index (χ2n) is 6.61. The van der Waals surface area contributed by atoms with E-state index in [1.165, 1.54) is 0 Å². The van der Waals surface area contributed by atoms with Crippen molar-refractivity contribution in [3.8, 4) is 0 Å². The van der Waals surface area contributed by atoms with Crippen molar-refractivity contribution in [1.82, 2.24) is 10.2 Å². The quantitative estimate of drug-likeness (QED) is 0.284. The predicted molar refractivity (Wildman–Crippen MR) is 89.5 cm³/mol. The van der Waals surface area contributed by atoms with E-state index >= 15 is 0 Å². The van der Waals surface area contributed by atoms with Crippen LogP contribution in [0.5, 0.6) is 0 Å². The summed E-state index contributed by atoms with van der Waals surface area (Å²) < 4.78 is 5.27. The molecule has 0 saturated heterocycles. The van der Waals surface area contributed by atoms with Crippen LogP contribution in [-0.4, -0.2) is 60.5 Å². The van der Waals surface area contributed by atoms with Gasteiger partial charge in [-0.3, -0.25) is 15.0 Å². The van der Waals surface area contributed by atoms with Crippen molar-refractivity contribution in [3.05, 3.63) is 0 Å². The van der Waals surface area contributed by atoms with E-state index in [-0.39, 0.29) is 25.3 Å². The number of ether oxygens (including phenoxy) is 1. The van der Waals surface area contributed by atoms with Gasteiger partial charge in [0.15, 0.2) is 0 Å². The number of nitrogens with two attached hydrogens (primary N) is 1. The molecule has 0 heterocycles. The van der Waals surface area contributed by atoms with E-state index in [0.29, 0.717) is 6.54 Å². The number of aliphatic hydroxyl groups excluding tert-OH is 1. The van der Waals surface area contributed by atoms with Gasteiger partial charge in [0, 0.05) is 6.54 Å². The molecule has 1 atom stereocenters. The summed E-state index contributed by atoms with van der Waals surface area (Å²) in [6, 6.07) is 0. The van der Waals surface area contributed by atoms with Crippen LogP contribution in [0.4, 0.5) is 0 Å². The highest BCUT2D eigenvalue weighted by Crippen LogP contribution is 2.07. The van der Waals surface area contributed by atoms with E-state index in [4.69, 9.17) is 10.5 Å². The fourth-order valence-corrected chi connectivity index (χ4v) is 2.18. The average molecular weight is 317 g/mol. The number of unbranched alkanes of at least 4 members (excludes halogenated alkanes) is 3. The molecule has 4 N–H and O–H groups in total. The predicted octanol–water partition coefficient (Wildman–Crippen LogP) is 1.08. The number of hydrogen-bond acceptors (Lipinski definition) is 6. The van der Waals surface area contributed by atoms with Gasteiger partial charge in [-0.25, -0.2) is 0 Å². The van der Waals surface area contributed by atoms with Gasteiger partial charge in [-0.2, -0.15) is 0 Å². The number of carbonyl (C=O) groups is 1. The summed E-state index contributed by atoms with van der Waals surface area (Å²) in [6.45, 7) is 10.1. The Balaban J connectivity index is 4.07. The van der Waals surface area contributed by atoms with Gasteiger partial charge < -0.3 is 15.6 Å². The Labute approximate surface area is 135 Å². The van der Waals surface area contributed by atoms with Gasteiger partial charge in [-0.1, -0.05) is 12.8 Å². The molecule has 0 bridgehead atoms. The molecule has 0 radical (unpaired) electrons. The van der Waals surface area contributed by atoms with Crippen LogP contribution in [0.2, 0.25) is 0 Å². The van der Waals surface area contributed by atoms with Gasteiger partial charge in [-0.15, -0.1) is 0 Å². The Morgan fingerprint density at radius 1 is 1.23 bits per heavy atom. The van der Waals surface area contributed by atoms with E-state index in [2.05, 4.69) is 10.2 Å². The van der Waals surface area contributed by atoms with Gasteiger partial charge in [0.05, 0.1) is 19.3 Å². The molecule has 132 valence electrons. The largest absolute Gasteiger partial charge is 0.459 e. The van der Waals surface area contributed by atoms with Crippen LogP contribution < -0.4 is 11.1 Å². The Morgan fingerprint density at radius 3 is 2.41 bits per heavy atom. The third-order valence-corrected chi connectivity index (χ3v) is 3.30. The highest BCUT2D eigenvalue weighted by molar-refractivity contribution is 5.72. The lowest BCUT2D eigenvalue weighted by Gasteiger charge is -2.29. The standard InChI is InChI=1S/C16H35N3O3/c1-14(18-13-15(21)22-16(2,3)4)19(11-12-20)10-8-6-5-7-9-17/h14,18,20H,5-13,17H2,1-4H3. The van der Waals surface area contributed by atoms with Crippen LogP contribution in [0.25, 0.3) is 0 Å². The Hall–Kier alpha value is -0.690. The molecule has 0 aromatic rings. The van der Waals surface area contributed by atoms with Crippen molar-refractivity contribution in [2.45, 2.75) is 65.1 Å². The average Bonchev–Trinajstić information content (AvgIpc) is 2.41. The smallest absolute Gasteiger partial charge is 0.320 e. The van der Waals surface area contributed by atoms with Crippen molar-refractivity contribution < 1.29 is 14.6 Å². The van der Waals surface area contributed by atoms with Crippen LogP contribution in [0.15, 0.2) is 0 Å². The first kappa shape index (κ1) is 21.3. The van der Waals surface area contributed by atoms with Crippen LogP contribution in [0, 0.1) is 0 Å². The highest BCUT2D eigenvalue weighted by Gasteiger charge is 2.18. The monoisotopic (exact) mass is 317 g/mol. The lowest BCUT2D eigenvalue weighted by atomic mass is 10.2. The number of nitrogens with one attached hydrogen (secondary N) is 1. The topological polar surface area (TPSA) is 87.8 Å². The highest BCUT2D eigenvalue weighted by atomic mass is 16.6. The summed E-state index contributed by atoms with van der Waals surface area (Å²) >= 11 is 0. The minimum absolute atomic E-state index is 0.0224. The molecule has 0 amide bonds. The van der Waals surface area contributed by atoms with Gasteiger partial charge in [0.25, 0.3) is 0 Å².